The number of carbonyl (C=O) groups excluding carboxylic acids is 2. The third kappa shape index (κ3) is 3.83. The van der Waals surface area contributed by atoms with Gasteiger partial charge in [-0.3, -0.25) is 9.59 Å². The van der Waals surface area contributed by atoms with E-state index in [0.29, 0.717) is 13.1 Å². The lowest BCUT2D eigenvalue weighted by atomic mass is 9.93. The van der Waals surface area contributed by atoms with Crippen molar-refractivity contribution in [1.29, 1.82) is 0 Å². The van der Waals surface area contributed by atoms with Gasteiger partial charge >= 0.3 is 0 Å². The minimum absolute atomic E-state index is 0.0337. The Morgan fingerprint density at radius 3 is 2.64 bits per heavy atom. The first-order valence-electron chi connectivity index (χ1n) is 9.98. The van der Waals surface area contributed by atoms with Crippen molar-refractivity contribution in [1.82, 2.24) is 9.80 Å². The van der Waals surface area contributed by atoms with E-state index in [1.165, 1.54) is 17.0 Å². The Bertz CT molecular complexity index is 860. The fraction of sp³-hybridized carbons (Fsp3) is 0.455. The molecule has 0 radical (unpaired) electrons. The quantitative estimate of drug-likeness (QED) is 0.735. The second-order valence-corrected chi connectivity index (χ2v) is 8.63. The maximum absolute atomic E-state index is 13.5. The molecule has 0 spiro atoms. The third-order valence-electron chi connectivity index (χ3n) is 5.53. The summed E-state index contributed by atoms with van der Waals surface area (Å²) in [5.74, 6) is -0.0976. The average molecular weight is 401 g/mol. The lowest BCUT2D eigenvalue weighted by Crippen LogP contribution is -2.47. The zero-order chi connectivity index (χ0) is 19.7. The number of fused-ring (bicyclic) bond motifs is 1. The number of rotatable bonds is 6. The maximum atomic E-state index is 13.5. The van der Waals surface area contributed by atoms with Crippen LogP contribution in [0, 0.1) is 11.7 Å². The van der Waals surface area contributed by atoms with Crippen molar-refractivity contribution in [3.8, 4) is 0 Å². The molecular weight excluding hydrogens is 375 g/mol. The molecule has 2 heterocycles. The van der Waals surface area contributed by atoms with Crippen LogP contribution >= 0.6 is 11.3 Å². The third-order valence-corrected chi connectivity index (χ3v) is 6.53. The summed E-state index contributed by atoms with van der Waals surface area (Å²) >= 11 is 1.70. The number of hydrogen-bond donors (Lipinski definition) is 0. The van der Waals surface area contributed by atoms with E-state index in [2.05, 4.69) is 11.4 Å². The molecule has 0 N–H and O–H groups in total. The number of hydrogen-bond acceptors (Lipinski definition) is 3. The lowest BCUT2D eigenvalue weighted by Gasteiger charge is -2.37. The smallest absolute Gasteiger partial charge is 0.242 e. The van der Waals surface area contributed by atoms with Crippen molar-refractivity contribution in [2.24, 2.45) is 5.92 Å². The van der Waals surface area contributed by atoms with Gasteiger partial charge in [-0.15, -0.1) is 11.3 Å². The van der Waals surface area contributed by atoms with Crippen LogP contribution in [0.15, 0.2) is 35.7 Å². The van der Waals surface area contributed by atoms with Gasteiger partial charge in [-0.25, -0.2) is 4.39 Å². The van der Waals surface area contributed by atoms with E-state index in [-0.39, 0.29) is 36.1 Å². The van der Waals surface area contributed by atoms with E-state index in [9.17, 15) is 14.0 Å². The molecule has 2 amide bonds. The van der Waals surface area contributed by atoms with E-state index >= 15 is 0 Å². The normalized spacial score (nSPS) is 18.6. The second kappa shape index (κ2) is 8.03. The van der Waals surface area contributed by atoms with Crippen molar-refractivity contribution in [3.05, 3.63) is 57.5 Å². The highest BCUT2D eigenvalue weighted by Gasteiger charge is 2.37. The zero-order valence-corrected chi connectivity index (χ0v) is 16.9. The molecule has 148 valence electrons. The molecule has 1 aromatic carbocycles. The van der Waals surface area contributed by atoms with Crippen LogP contribution in [0.2, 0.25) is 0 Å². The molecule has 1 atom stereocenters. The summed E-state index contributed by atoms with van der Waals surface area (Å²) in [6, 6.07) is 8.24. The van der Waals surface area contributed by atoms with Crippen LogP contribution in [-0.2, 0) is 16.0 Å². The molecule has 0 bridgehead atoms. The van der Waals surface area contributed by atoms with Crippen LogP contribution in [0.3, 0.4) is 0 Å². The van der Waals surface area contributed by atoms with Crippen molar-refractivity contribution >= 4 is 23.2 Å². The Kier molecular flexibility index (Phi) is 5.49. The highest BCUT2D eigenvalue weighted by Crippen LogP contribution is 2.38. The van der Waals surface area contributed by atoms with E-state index < -0.39 is 0 Å². The SMILES string of the molecule is CCCN(CC(=O)N1CCc2sccc2C1c1ccc(F)cc1)C(=O)C1CC1. The van der Waals surface area contributed by atoms with Gasteiger partial charge in [0.05, 0.1) is 12.6 Å². The van der Waals surface area contributed by atoms with Gasteiger partial charge in [0, 0.05) is 23.9 Å². The Morgan fingerprint density at radius 2 is 1.96 bits per heavy atom. The molecule has 4 nitrogen and oxygen atoms in total. The minimum Gasteiger partial charge on any atom is -0.333 e. The van der Waals surface area contributed by atoms with E-state index in [1.54, 1.807) is 28.4 Å². The van der Waals surface area contributed by atoms with Gasteiger partial charge in [0.15, 0.2) is 0 Å². The second-order valence-electron chi connectivity index (χ2n) is 7.62. The molecule has 1 aromatic heterocycles. The van der Waals surface area contributed by atoms with E-state index in [0.717, 1.165) is 36.8 Å². The van der Waals surface area contributed by atoms with Crippen molar-refractivity contribution < 1.29 is 14.0 Å². The molecule has 1 unspecified atom stereocenters. The Hall–Kier alpha value is -2.21. The monoisotopic (exact) mass is 400 g/mol. The molecular formula is C22H25FN2O2S. The highest BCUT2D eigenvalue weighted by molar-refractivity contribution is 7.10. The Balaban J connectivity index is 1.60. The molecule has 4 rings (SSSR count). The number of benzene rings is 1. The number of thiophene rings is 1. The largest absolute Gasteiger partial charge is 0.333 e. The van der Waals surface area contributed by atoms with Gasteiger partial charge in [0.2, 0.25) is 11.8 Å². The predicted octanol–water partition coefficient (Wildman–Crippen LogP) is 4.01. The van der Waals surface area contributed by atoms with Gasteiger partial charge in [-0.1, -0.05) is 19.1 Å². The van der Waals surface area contributed by atoms with Crippen LogP contribution < -0.4 is 0 Å². The summed E-state index contributed by atoms with van der Waals surface area (Å²) in [6.45, 7) is 3.38. The first-order valence-corrected chi connectivity index (χ1v) is 10.9. The zero-order valence-electron chi connectivity index (χ0n) is 16.1. The molecule has 6 heteroatoms. The summed E-state index contributed by atoms with van der Waals surface area (Å²) in [5.41, 5.74) is 2.02. The molecule has 0 saturated heterocycles. The standard InChI is InChI=1S/C22H25FN2O2S/c1-2-11-24(22(27)16-3-4-16)14-20(26)25-12-9-19-18(10-13-28-19)21(25)15-5-7-17(23)8-6-15/h5-8,10,13,16,21H,2-4,9,11-12,14H2,1H3. The van der Waals surface area contributed by atoms with Crippen LogP contribution in [0.4, 0.5) is 4.39 Å². The summed E-state index contributed by atoms with van der Waals surface area (Å²) in [7, 11) is 0. The van der Waals surface area contributed by atoms with Gasteiger partial charge in [-0.05, 0) is 60.4 Å². The van der Waals surface area contributed by atoms with Crippen LogP contribution in [0.5, 0.6) is 0 Å². The molecule has 1 aliphatic carbocycles. The molecule has 28 heavy (non-hydrogen) atoms. The van der Waals surface area contributed by atoms with Crippen LogP contribution in [0.1, 0.15) is 48.2 Å². The van der Waals surface area contributed by atoms with Crippen molar-refractivity contribution in [2.45, 2.75) is 38.6 Å². The van der Waals surface area contributed by atoms with Gasteiger partial charge < -0.3 is 9.80 Å². The first-order chi connectivity index (χ1) is 13.6. The number of nitrogens with zero attached hydrogens (tertiary/aromatic N) is 2. The molecule has 1 saturated carbocycles. The topological polar surface area (TPSA) is 40.6 Å². The Labute approximate surface area is 169 Å². The van der Waals surface area contributed by atoms with Crippen LogP contribution in [-0.4, -0.2) is 41.2 Å². The molecule has 1 aliphatic heterocycles. The number of carbonyl (C=O) groups is 2. The predicted molar refractivity (Wildman–Crippen MR) is 108 cm³/mol. The summed E-state index contributed by atoms with van der Waals surface area (Å²) < 4.78 is 13.5. The lowest BCUT2D eigenvalue weighted by molar-refractivity contribution is -0.142. The number of amides is 2. The molecule has 2 aromatic rings. The highest BCUT2D eigenvalue weighted by atomic mass is 32.1. The maximum Gasteiger partial charge on any atom is 0.242 e. The van der Waals surface area contributed by atoms with Gasteiger partial charge in [0.25, 0.3) is 0 Å². The first kappa shape index (κ1) is 19.1. The summed E-state index contributed by atoms with van der Waals surface area (Å²) in [6.07, 6.45) is 3.53. The van der Waals surface area contributed by atoms with Crippen molar-refractivity contribution in [3.63, 3.8) is 0 Å². The average Bonchev–Trinajstić information content (AvgIpc) is 3.44. The molecule has 1 fully saturated rings. The van der Waals surface area contributed by atoms with E-state index in [1.807, 2.05) is 11.8 Å². The minimum atomic E-state index is -0.285. The fourth-order valence-electron chi connectivity index (χ4n) is 3.97. The van der Waals surface area contributed by atoms with E-state index in [4.69, 9.17) is 0 Å². The van der Waals surface area contributed by atoms with Gasteiger partial charge in [0.1, 0.15) is 5.82 Å². The molecule has 2 aliphatic rings. The van der Waals surface area contributed by atoms with Crippen molar-refractivity contribution in [2.75, 3.05) is 19.6 Å². The van der Waals surface area contributed by atoms with Crippen LogP contribution in [0.25, 0.3) is 0 Å². The summed E-state index contributed by atoms with van der Waals surface area (Å²) in [4.78, 5) is 30.7. The number of halogens is 1. The van der Waals surface area contributed by atoms with Gasteiger partial charge in [-0.2, -0.15) is 0 Å². The fourth-order valence-corrected chi connectivity index (χ4v) is 4.87. The summed E-state index contributed by atoms with van der Waals surface area (Å²) in [5, 5.41) is 2.05. The Morgan fingerprint density at radius 1 is 1.21 bits per heavy atom.